The number of aryl methyl sites for hydroxylation is 1. The summed E-state index contributed by atoms with van der Waals surface area (Å²) in [6.07, 6.45) is -1.47. The lowest BCUT2D eigenvalue weighted by Gasteiger charge is -2.25. The van der Waals surface area contributed by atoms with Gasteiger partial charge in [0.2, 0.25) is 10.0 Å². The van der Waals surface area contributed by atoms with E-state index in [0.717, 1.165) is 11.3 Å². The number of nitrogens with one attached hydrogen (secondary N) is 2. The fourth-order valence-electron chi connectivity index (χ4n) is 3.33. The molecule has 2 heterocycles. The summed E-state index contributed by atoms with van der Waals surface area (Å²) in [7, 11) is -3.44. The molecule has 1 saturated carbocycles. The molecular weight excluding hydrogens is 503 g/mol. The van der Waals surface area contributed by atoms with Crippen molar-refractivity contribution in [3.63, 3.8) is 0 Å². The van der Waals surface area contributed by atoms with Crippen LogP contribution in [-0.2, 0) is 21.7 Å². The Hall–Kier alpha value is -3.06. The third-order valence-corrected chi connectivity index (χ3v) is 8.17. The Morgan fingerprint density at radius 2 is 1.83 bits per heavy atom. The number of rotatable bonds is 7. The predicted octanol–water partition coefficient (Wildman–Crippen LogP) is 4.50. The summed E-state index contributed by atoms with van der Waals surface area (Å²) in [6, 6.07) is 4.58. The number of carbonyl (C=O) groups excluding carboxylic acids is 1. The average Bonchev–Trinajstić information content (AvgIpc) is 3.53. The second-order valence-electron chi connectivity index (χ2n) is 8.78. The van der Waals surface area contributed by atoms with E-state index in [1.165, 1.54) is 18.3 Å². The lowest BCUT2D eigenvalue weighted by molar-refractivity contribution is -0.141. The van der Waals surface area contributed by atoms with E-state index in [1.54, 1.807) is 32.2 Å². The third-order valence-electron chi connectivity index (χ3n) is 5.46. The monoisotopic (exact) mass is 525 g/mol. The number of anilines is 1. The molecule has 0 saturated heterocycles. The first-order valence-corrected chi connectivity index (χ1v) is 13.0. The highest BCUT2D eigenvalue weighted by Crippen LogP contribution is 2.32. The highest BCUT2D eigenvalue weighted by molar-refractivity contribution is 7.93. The van der Waals surface area contributed by atoms with Crippen LogP contribution in [0, 0.1) is 6.92 Å². The molecule has 0 aliphatic heterocycles. The van der Waals surface area contributed by atoms with Crippen molar-refractivity contribution in [1.82, 2.24) is 20.3 Å². The normalized spacial score (nSPS) is 14.6. The molecule has 0 unspecified atom stereocenters. The second-order valence-corrected chi connectivity index (χ2v) is 11.6. The highest BCUT2D eigenvalue weighted by atomic mass is 32.2. The Morgan fingerprint density at radius 3 is 2.46 bits per heavy atom. The van der Waals surface area contributed by atoms with Crippen molar-refractivity contribution >= 4 is 32.4 Å². The molecule has 1 aromatic carbocycles. The molecule has 186 valence electrons. The first kappa shape index (κ1) is 25.0. The standard InChI is InChI=1S/C22H22F3N5O3S2/c1-12-8-13(16-9-26-10-17(27-16)22(23,24)25)4-7-15(12)19(31)29-21(2,3)18-11-34-20(28-18)30-35(32,33)14-5-6-14/h4,7-11,14H,5-6H2,1-3H3,(H,28,30)(H,29,31). The number of alkyl halides is 3. The molecule has 35 heavy (non-hydrogen) atoms. The van der Waals surface area contributed by atoms with Crippen molar-refractivity contribution in [2.24, 2.45) is 0 Å². The molecule has 2 N–H and O–H groups in total. The van der Waals surface area contributed by atoms with Crippen LogP contribution >= 0.6 is 11.3 Å². The smallest absolute Gasteiger partial charge is 0.341 e. The molecule has 0 bridgehead atoms. The number of aromatic nitrogens is 3. The lowest BCUT2D eigenvalue weighted by Crippen LogP contribution is -2.41. The van der Waals surface area contributed by atoms with Gasteiger partial charge >= 0.3 is 6.18 Å². The van der Waals surface area contributed by atoms with E-state index in [0.29, 0.717) is 41.4 Å². The first-order valence-electron chi connectivity index (χ1n) is 10.6. The van der Waals surface area contributed by atoms with Crippen molar-refractivity contribution in [1.29, 1.82) is 0 Å². The number of sulfonamides is 1. The van der Waals surface area contributed by atoms with Crippen molar-refractivity contribution in [2.45, 2.75) is 50.6 Å². The molecular formula is C22H22F3N5O3S2. The van der Waals surface area contributed by atoms with Crippen LogP contribution in [0.25, 0.3) is 11.3 Å². The molecule has 0 atom stereocenters. The van der Waals surface area contributed by atoms with Gasteiger partial charge in [-0.05, 0) is 51.3 Å². The Morgan fingerprint density at radius 1 is 1.11 bits per heavy atom. The van der Waals surface area contributed by atoms with Gasteiger partial charge in [0.25, 0.3) is 5.91 Å². The maximum Gasteiger partial charge on any atom is 0.434 e. The minimum Gasteiger partial charge on any atom is -0.341 e. The van der Waals surface area contributed by atoms with Crippen molar-refractivity contribution in [3.8, 4) is 11.3 Å². The summed E-state index contributed by atoms with van der Waals surface area (Å²) >= 11 is 1.13. The van der Waals surface area contributed by atoms with Crippen LogP contribution in [0.2, 0.25) is 0 Å². The number of benzene rings is 1. The van der Waals surface area contributed by atoms with Gasteiger partial charge in [-0.3, -0.25) is 14.5 Å². The Bertz CT molecular complexity index is 1380. The first-order chi connectivity index (χ1) is 16.3. The molecule has 1 aliphatic carbocycles. The maximum atomic E-state index is 13.0. The third kappa shape index (κ3) is 5.61. The number of thiazole rings is 1. The maximum absolute atomic E-state index is 13.0. The molecule has 1 fully saturated rings. The Kier molecular flexibility index (Phi) is 6.34. The van der Waals surface area contributed by atoms with Gasteiger partial charge in [-0.15, -0.1) is 11.3 Å². The van der Waals surface area contributed by atoms with Crippen molar-refractivity contribution < 1.29 is 26.4 Å². The van der Waals surface area contributed by atoms with Gasteiger partial charge in [0.15, 0.2) is 10.8 Å². The number of hydrogen-bond acceptors (Lipinski definition) is 7. The van der Waals surface area contributed by atoms with E-state index in [2.05, 4.69) is 25.0 Å². The molecule has 4 rings (SSSR count). The Balaban J connectivity index is 1.50. The number of nitrogens with zero attached hydrogens (tertiary/aromatic N) is 3. The summed E-state index contributed by atoms with van der Waals surface area (Å²) in [5, 5.41) is 4.41. The van der Waals surface area contributed by atoms with E-state index in [1.807, 2.05) is 0 Å². The van der Waals surface area contributed by atoms with E-state index in [4.69, 9.17) is 0 Å². The topological polar surface area (TPSA) is 114 Å². The fourth-order valence-corrected chi connectivity index (χ4v) is 5.80. The molecule has 3 aromatic rings. The summed E-state index contributed by atoms with van der Waals surface area (Å²) in [5.74, 6) is -0.415. The van der Waals surface area contributed by atoms with Gasteiger partial charge < -0.3 is 5.32 Å². The van der Waals surface area contributed by atoms with Gasteiger partial charge in [0.1, 0.15) is 0 Å². The van der Waals surface area contributed by atoms with E-state index in [9.17, 15) is 26.4 Å². The molecule has 13 heteroatoms. The molecule has 1 amide bonds. The highest BCUT2D eigenvalue weighted by Gasteiger charge is 2.37. The van der Waals surface area contributed by atoms with Crippen LogP contribution in [0.15, 0.2) is 36.0 Å². The molecule has 0 spiro atoms. The molecule has 2 aromatic heterocycles. The van der Waals surface area contributed by atoms with Gasteiger partial charge in [-0.2, -0.15) is 13.2 Å². The van der Waals surface area contributed by atoms with Crippen molar-refractivity contribution in [2.75, 3.05) is 4.72 Å². The zero-order valence-corrected chi connectivity index (χ0v) is 20.6. The summed E-state index contributed by atoms with van der Waals surface area (Å²) in [6.45, 7) is 5.14. The SMILES string of the molecule is Cc1cc(-c2cncc(C(F)(F)F)n2)ccc1C(=O)NC(C)(C)c1csc(NS(=O)(=O)C2CC2)n1. The summed E-state index contributed by atoms with van der Waals surface area (Å²) in [5.41, 5.74) is -0.245. The van der Waals surface area contributed by atoms with Crippen molar-refractivity contribution in [3.05, 3.63) is 58.5 Å². The minimum atomic E-state index is -4.61. The van der Waals surface area contributed by atoms with Gasteiger partial charge in [0.05, 0.1) is 34.6 Å². The molecule has 0 radical (unpaired) electrons. The van der Waals surface area contributed by atoms with E-state index in [-0.39, 0.29) is 16.1 Å². The largest absolute Gasteiger partial charge is 0.434 e. The minimum absolute atomic E-state index is 0.0406. The quantitative estimate of drug-likeness (QED) is 0.470. The molecule has 8 nitrogen and oxygen atoms in total. The van der Waals surface area contributed by atoms with E-state index >= 15 is 0 Å². The average molecular weight is 526 g/mol. The van der Waals surface area contributed by atoms with Crippen LogP contribution in [-0.4, -0.2) is 34.5 Å². The van der Waals surface area contributed by atoms with E-state index < -0.39 is 33.3 Å². The van der Waals surface area contributed by atoms with Crippen LogP contribution in [0.1, 0.15) is 54.0 Å². The predicted molar refractivity (Wildman–Crippen MR) is 125 cm³/mol. The Labute approximate surface area is 204 Å². The van der Waals surface area contributed by atoms with Crippen LogP contribution in [0.5, 0.6) is 0 Å². The van der Waals surface area contributed by atoms with Gasteiger partial charge in [-0.25, -0.2) is 18.4 Å². The number of hydrogen-bond donors (Lipinski definition) is 2. The zero-order chi connectivity index (χ0) is 25.6. The van der Waals surface area contributed by atoms with Crippen LogP contribution < -0.4 is 10.0 Å². The molecule has 1 aliphatic rings. The fraction of sp³-hybridized carbons (Fsp3) is 0.364. The van der Waals surface area contributed by atoms with Gasteiger partial charge in [0, 0.05) is 16.5 Å². The number of halogens is 3. The number of amides is 1. The summed E-state index contributed by atoms with van der Waals surface area (Å²) < 4.78 is 65.6. The summed E-state index contributed by atoms with van der Waals surface area (Å²) in [4.78, 5) is 24.6. The van der Waals surface area contributed by atoms with Gasteiger partial charge in [-0.1, -0.05) is 6.07 Å². The van der Waals surface area contributed by atoms with Crippen LogP contribution in [0.3, 0.4) is 0 Å². The second kappa shape index (κ2) is 8.86. The zero-order valence-electron chi connectivity index (χ0n) is 19.0. The number of carbonyl (C=O) groups is 1. The lowest BCUT2D eigenvalue weighted by atomic mass is 9.98. The van der Waals surface area contributed by atoms with Crippen LogP contribution in [0.4, 0.5) is 18.3 Å².